The smallest absolute Gasteiger partial charge is 0.119 e. The number of rotatable bonds is 3. The van der Waals surface area contributed by atoms with E-state index in [1.165, 1.54) is 11.3 Å². The Kier molecular flexibility index (Phi) is 2.82. The molecule has 0 amide bonds. The van der Waals surface area contributed by atoms with E-state index in [-0.39, 0.29) is 6.61 Å². The maximum absolute atomic E-state index is 9.02. The van der Waals surface area contributed by atoms with Crippen LogP contribution in [-0.2, 0) is 0 Å². The van der Waals surface area contributed by atoms with Crippen LogP contribution in [0.25, 0.3) is 0 Å². The van der Waals surface area contributed by atoms with Gasteiger partial charge < -0.3 is 14.7 Å². The maximum atomic E-state index is 9.02. The fourth-order valence-corrected chi connectivity index (χ4v) is 2.26. The first-order valence-electron chi connectivity index (χ1n) is 5.26. The Morgan fingerprint density at radius 2 is 2.33 bits per heavy atom. The van der Waals surface area contributed by atoms with Crippen LogP contribution in [0.15, 0.2) is 18.2 Å². The molecule has 0 bridgehead atoms. The molecular formula is C12H17NO2. The third-order valence-corrected chi connectivity index (χ3v) is 3.06. The van der Waals surface area contributed by atoms with Gasteiger partial charge in [0, 0.05) is 31.8 Å². The largest absolute Gasteiger partial charge is 0.497 e. The zero-order chi connectivity index (χ0) is 10.8. The van der Waals surface area contributed by atoms with Gasteiger partial charge >= 0.3 is 0 Å². The normalized spacial score (nSPS) is 19.1. The van der Waals surface area contributed by atoms with Crippen LogP contribution in [0, 0.1) is 0 Å². The molecule has 1 atom stereocenters. The van der Waals surface area contributed by atoms with Gasteiger partial charge in [-0.1, -0.05) is 0 Å². The number of ether oxygens (including phenoxy) is 1. The Morgan fingerprint density at radius 1 is 1.53 bits per heavy atom. The summed E-state index contributed by atoms with van der Waals surface area (Å²) in [7, 11) is 3.77. The van der Waals surface area contributed by atoms with E-state index in [1.807, 2.05) is 6.07 Å². The molecule has 1 unspecified atom stereocenters. The van der Waals surface area contributed by atoms with E-state index in [9.17, 15) is 0 Å². The highest BCUT2D eigenvalue weighted by atomic mass is 16.5. The summed E-state index contributed by atoms with van der Waals surface area (Å²) in [5.74, 6) is 1.33. The molecule has 1 aromatic carbocycles. The number of benzene rings is 1. The first-order valence-corrected chi connectivity index (χ1v) is 5.26. The molecule has 1 heterocycles. The van der Waals surface area contributed by atoms with E-state index in [0.717, 1.165) is 18.7 Å². The molecule has 15 heavy (non-hydrogen) atoms. The maximum Gasteiger partial charge on any atom is 0.119 e. The quantitative estimate of drug-likeness (QED) is 0.817. The minimum Gasteiger partial charge on any atom is -0.497 e. The van der Waals surface area contributed by atoms with E-state index < -0.39 is 0 Å². The number of anilines is 1. The predicted octanol–water partition coefficient (Wildman–Crippen LogP) is 1.61. The van der Waals surface area contributed by atoms with E-state index in [1.54, 1.807) is 7.11 Å². The van der Waals surface area contributed by atoms with Crippen molar-refractivity contribution in [2.45, 2.75) is 12.3 Å². The summed E-state index contributed by atoms with van der Waals surface area (Å²) in [5.41, 5.74) is 2.56. The average molecular weight is 207 g/mol. The monoisotopic (exact) mass is 207 g/mol. The Hall–Kier alpha value is -1.22. The lowest BCUT2D eigenvalue weighted by Crippen LogP contribution is -2.15. The van der Waals surface area contributed by atoms with Crippen molar-refractivity contribution in [3.8, 4) is 5.75 Å². The first-order chi connectivity index (χ1) is 7.26. The zero-order valence-electron chi connectivity index (χ0n) is 9.23. The minimum atomic E-state index is 0.245. The van der Waals surface area contributed by atoms with Gasteiger partial charge in [-0.05, 0) is 30.2 Å². The van der Waals surface area contributed by atoms with Gasteiger partial charge in [0.25, 0.3) is 0 Å². The van der Waals surface area contributed by atoms with E-state index in [4.69, 9.17) is 9.84 Å². The van der Waals surface area contributed by atoms with Crippen LogP contribution >= 0.6 is 0 Å². The summed E-state index contributed by atoms with van der Waals surface area (Å²) >= 11 is 0. The Bertz CT molecular complexity index is 351. The molecule has 1 aliphatic rings. The third-order valence-electron chi connectivity index (χ3n) is 3.06. The fraction of sp³-hybridized carbons (Fsp3) is 0.500. The van der Waals surface area contributed by atoms with Crippen LogP contribution in [0.5, 0.6) is 5.75 Å². The second-order valence-electron chi connectivity index (χ2n) is 4.01. The topological polar surface area (TPSA) is 32.7 Å². The van der Waals surface area contributed by atoms with Crippen LogP contribution in [0.3, 0.4) is 0 Å². The van der Waals surface area contributed by atoms with Crippen LogP contribution in [0.1, 0.15) is 17.9 Å². The molecule has 1 aliphatic heterocycles. The summed E-state index contributed by atoms with van der Waals surface area (Å²) in [6.45, 7) is 1.23. The van der Waals surface area contributed by atoms with Crippen molar-refractivity contribution < 1.29 is 9.84 Å². The molecule has 1 N–H and O–H groups in total. The van der Waals surface area contributed by atoms with Gasteiger partial charge in [0.2, 0.25) is 0 Å². The highest BCUT2D eigenvalue weighted by Crippen LogP contribution is 2.38. The van der Waals surface area contributed by atoms with Crippen LogP contribution in [-0.4, -0.2) is 32.4 Å². The average Bonchev–Trinajstić information content (AvgIpc) is 2.56. The third kappa shape index (κ3) is 1.79. The summed E-state index contributed by atoms with van der Waals surface area (Å²) in [4.78, 5) is 2.23. The van der Waals surface area contributed by atoms with Crippen molar-refractivity contribution in [1.82, 2.24) is 0 Å². The number of hydrogen-bond acceptors (Lipinski definition) is 3. The number of methoxy groups -OCH3 is 1. The SMILES string of the molecule is COc1ccc2c(c1)C(CCO)CN2C. The Labute approximate surface area is 90.3 Å². The van der Waals surface area contributed by atoms with Gasteiger partial charge in [0.1, 0.15) is 5.75 Å². The molecule has 0 spiro atoms. The molecular weight excluding hydrogens is 190 g/mol. The van der Waals surface area contributed by atoms with Gasteiger partial charge in [-0.3, -0.25) is 0 Å². The second-order valence-corrected chi connectivity index (χ2v) is 4.01. The molecule has 3 nitrogen and oxygen atoms in total. The lowest BCUT2D eigenvalue weighted by atomic mass is 9.98. The van der Waals surface area contributed by atoms with Crippen LogP contribution in [0.4, 0.5) is 5.69 Å². The van der Waals surface area contributed by atoms with Crippen LogP contribution in [0.2, 0.25) is 0 Å². The summed E-state index contributed by atoms with van der Waals surface area (Å²) in [6.07, 6.45) is 0.824. The molecule has 0 radical (unpaired) electrons. The predicted molar refractivity (Wildman–Crippen MR) is 60.7 cm³/mol. The van der Waals surface area contributed by atoms with Crippen molar-refractivity contribution in [1.29, 1.82) is 0 Å². The Balaban J connectivity index is 2.34. The number of nitrogens with zero attached hydrogens (tertiary/aromatic N) is 1. The summed E-state index contributed by atoms with van der Waals surface area (Å²) in [6, 6.07) is 6.15. The molecule has 0 saturated heterocycles. The number of hydrogen-bond donors (Lipinski definition) is 1. The molecule has 0 aromatic heterocycles. The molecule has 1 aromatic rings. The summed E-state index contributed by atoms with van der Waals surface area (Å²) in [5, 5.41) is 9.02. The van der Waals surface area contributed by atoms with Crippen molar-refractivity contribution in [2.24, 2.45) is 0 Å². The molecule has 0 saturated carbocycles. The van der Waals surface area contributed by atoms with Gasteiger partial charge in [-0.25, -0.2) is 0 Å². The number of fused-ring (bicyclic) bond motifs is 1. The Morgan fingerprint density at radius 3 is 3.00 bits per heavy atom. The first kappa shape index (κ1) is 10.3. The van der Waals surface area contributed by atoms with Crippen molar-refractivity contribution >= 4 is 5.69 Å². The minimum absolute atomic E-state index is 0.245. The van der Waals surface area contributed by atoms with Gasteiger partial charge in [-0.15, -0.1) is 0 Å². The molecule has 2 rings (SSSR count). The highest BCUT2D eigenvalue weighted by molar-refractivity contribution is 5.61. The lowest BCUT2D eigenvalue weighted by Gasteiger charge is -2.11. The summed E-state index contributed by atoms with van der Waals surface area (Å²) < 4.78 is 5.22. The van der Waals surface area contributed by atoms with Crippen molar-refractivity contribution in [3.05, 3.63) is 23.8 Å². The van der Waals surface area contributed by atoms with E-state index in [2.05, 4.69) is 24.1 Å². The molecule has 0 aliphatic carbocycles. The molecule has 0 fully saturated rings. The van der Waals surface area contributed by atoms with Crippen molar-refractivity contribution in [3.63, 3.8) is 0 Å². The standard InChI is InChI=1S/C12H17NO2/c1-13-8-9(5-6-14)11-7-10(15-2)3-4-12(11)13/h3-4,7,9,14H,5-6,8H2,1-2H3. The zero-order valence-corrected chi connectivity index (χ0v) is 9.23. The number of likely N-dealkylation sites (N-methyl/N-ethyl adjacent to an activating group) is 1. The molecule has 3 heteroatoms. The molecule has 82 valence electrons. The lowest BCUT2D eigenvalue weighted by molar-refractivity contribution is 0.278. The van der Waals surface area contributed by atoms with Gasteiger partial charge in [-0.2, -0.15) is 0 Å². The highest BCUT2D eigenvalue weighted by Gasteiger charge is 2.26. The van der Waals surface area contributed by atoms with E-state index >= 15 is 0 Å². The fourth-order valence-electron chi connectivity index (χ4n) is 2.26. The van der Waals surface area contributed by atoms with Gasteiger partial charge in [0.15, 0.2) is 0 Å². The van der Waals surface area contributed by atoms with Gasteiger partial charge in [0.05, 0.1) is 7.11 Å². The van der Waals surface area contributed by atoms with Crippen LogP contribution < -0.4 is 9.64 Å². The number of aliphatic hydroxyl groups is 1. The van der Waals surface area contributed by atoms with E-state index in [0.29, 0.717) is 5.92 Å². The second kappa shape index (κ2) is 4.11. The van der Waals surface area contributed by atoms with Crippen molar-refractivity contribution in [2.75, 3.05) is 32.2 Å². The number of aliphatic hydroxyl groups excluding tert-OH is 1.